The van der Waals surface area contributed by atoms with E-state index in [9.17, 15) is 57.4 Å². The first-order chi connectivity index (χ1) is 7.41. The Hall–Kier alpha value is 7.45. The molecule has 0 rings (SSSR count). The summed E-state index contributed by atoms with van der Waals surface area (Å²) in [6.45, 7) is 0. The molecule has 0 N–H and O–H groups in total. The number of hydrogen-bond acceptors (Lipinski definition) is 14. The second-order valence-electron chi connectivity index (χ2n) is 1.95. The molecule has 0 amide bonds. The molecule has 0 saturated heterocycles. The molecular weight excluding hydrogens is 528 g/mol. The molecule has 0 aromatic heterocycles. The smallest absolute Gasteiger partial charge is 1.00 e. The van der Waals surface area contributed by atoms with Crippen LogP contribution in [0.1, 0.15) is 2.85 Å². The van der Waals surface area contributed by atoms with Crippen LogP contribution in [0.2, 0.25) is 0 Å². The Morgan fingerprint density at radius 3 is 0.500 bits per heavy atom. The largest absolute Gasteiger partial charge is 1.00 e. The van der Waals surface area contributed by atoms with Gasteiger partial charge in [-0.2, -0.15) is 0 Å². The number of phosphoric acid groups is 4. The Kier molecular flexibility index (Phi) is 70.7. The van der Waals surface area contributed by atoms with E-state index in [0.29, 0.717) is 0 Å². The Balaban J connectivity index is -0.0000000135. The maximum Gasteiger partial charge on any atom is 1.00 e. The van der Waals surface area contributed by atoms with Gasteiger partial charge >= 0.3 is 210 Å². The summed E-state index contributed by atoms with van der Waals surface area (Å²) < 4.78 is 42.3. The molecule has 26 heavy (non-hydrogen) atoms. The maximum atomic E-state index is 9.32. The van der Waals surface area contributed by atoms with Crippen molar-refractivity contribution in [3.8, 4) is 0 Å². The van der Waals surface area contributed by atoms with Crippen LogP contribution < -0.4 is 251 Å². The van der Waals surface area contributed by atoms with E-state index in [2.05, 4.69) is 8.62 Å². The van der Waals surface area contributed by atoms with Crippen molar-refractivity contribution in [1.82, 2.24) is 0 Å². The minimum absolute atomic E-state index is 0. The van der Waals surface area contributed by atoms with Crippen LogP contribution >= 0.6 is 31.3 Å². The van der Waals surface area contributed by atoms with Gasteiger partial charge in [-0.15, -0.1) is 0 Å². The van der Waals surface area contributed by atoms with Gasteiger partial charge in [0.15, 0.2) is 0 Å². The fraction of sp³-hybridized carbons (Fsp3) is 0. The van der Waals surface area contributed by atoms with Gasteiger partial charge in [-0.25, -0.2) is 0 Å². The summed E-state index contributed by atoms with van der Waals surface area (Å²) in [5.74, 6) is 0. The molecule has 0 aliphatic rings. The van der Waals surface area contributed by atoms with E-state index >= 15 is 0 Å². The molecule has 0 aromatic rings. The van der Waals surface area contributed by atoms with Gasteiger partial charge in [0.2, 0.25) is 0 Å². The van der Waals surface area contributed by atoms with Crippen molar-refractivity contribution in [2.75, 3.05) is 0 Å². The van der Waals surface area contributed by atoms with Crippen LogP contribution in [0.25, 0.3) is 0 Å². The molecule has 0 aliphatic carbocycles. The molecule has 0 bridgehead atoms. The third kappa shape index (κ3) is 77.1. The Morgan fingerprint density at radius 2 is 0.500 bits per heavy atom. The molecular formula is H2FNa7O14P4. The Labute approximate surface area is 305 Å². The van der Waals surface area contributed by atoms with Crippen LogP contribution in [0, 0.1) is 0 Å². The van der Waals surface area contributed by atoms with Crippen molar-refractivity contribution >= 4 is 31.3 Å². The van der Waals surface area contributed by atoms with Crippen molar-refractivity contribution < 1.29 is 280 Å². The van der Waals surface area contributed by atoms with E-state index in [0.717, 1.165) is 0 Å². The molecule has 26 heteroatoms. The van der Waals surface area contributed by atoms with E-state index in [4.69, 9.17) is 0 Å². The second-order valence-corrected chi connectivity index (χ2v) is 6.84. The standard InChI is InChI=1S/FH.7Na.2H4O7P2/c;;;;;;;;2*1-8(2,3)7-9(4,5)6/h1H;;;;;;;;2*(H2,1,2,3)(H2,4,5,6)/q;7*+1;;/p-7. The number of hydrogen-bond donors (Lipinski definition) is 0. The van der Waals surface area contributed by atoms with Crippen LogP contribution in [0.15, 0.2) is 0 Å². The average molecular weight is 530 g/mol. The first kappa shape index (κ1) is 64.1. The van der Waals surface area contributed by atoms with E-state index in [1.807, 2.05) is 0 Å². The zero-order valence-electron chi connectivity index (χ0n) is 16.9. The van der Waals surface area contributed by atoms with Gasteiger partial charge in [-0.05, 0) is 0 Å². The molecule has 0 aromatic carbocycles. The van der Waals surface area contributed by atoms with Gasteiger partial charge in [0, 0.05) is 0 Å². The van der Waals surface area contributed by atoms with Gasteiger partial charge in [0.25, 0.3) is 0 Å². The number of rotatable bonds is 4. The van der Waals surface area contributed by atoms with Gasteiger partial charge in [-0.3, -0.25) is 0 Å². The van der Waals surface area contributed by atoms with Crippen molar-refractivity contribution in [3.05, 3.63) is 0 Å². The fourth-order valence-corrected chi connectivity index (χ4v) is 2.20. The van der Waals surface area contributed by atoms with Crippen molar-refractivity contribution in [3.63, 3.8) is 0 Å². The molecule has 0 spiro atoms. The topological polar surface area (TPSA) is 271 Å². The van der Waals surface area contributed by atoms with Gasteiger partial charge in [0.05, 0.1) is 31.3 Å². The minimum atomic E-state index is -5.68. The summed E-state index contributed by atoms with van der Waals surface area (Å²) in [7, 11) is -22.7. The zero-order chi connectivity index (χ0) is 15.4. The maximum absolute atomic E-state index is 9.32. The van der Waals surface area contributed by atoms with Crippen LogP contribution in [-0.2, 0) is 26.9 Å². The summed E-state index contributed by atoms with van der Waals surface area (Å²) in [5, 5.41) is 0. The Morgan fingerprint density at radius 1 is 0.423 bits per heavy atom. The van der Waals surface area contributed by atoms with Gasteiger partial charge in [0.1, 0.15) is 0 Å². The normalized spacial score (nSPS) is 9.54. The molecule has 0 fully saturated rings. The Bertz CT molecular complexity index is 375. The molecule has 0 saturated carbocycles. The summed E-state index contributed by atoms with van der Waals surface area (Å²) >= 11 is 0. The summed E-state index contributed by atoms with van der Waals surface area (Å²) in [6, 6.07) is 0. The SMILES string of the molecule is O=P([O-])([O-])OP(=O)([O-])[O-].O=P([O-])([O-])OP(=O)([O-])[O-].[F-].[H+].[H+].[Na+].[Na+].[Na+].[Na+].[Na+].[Na+].[Na+]. The number of halogens is 1. The molecule has 120 valence electrons. The first-order valence-corrected chi connectivity index (χ1v) is 8.76. The van der Waals surface area contributed by atoms with E-state index in [1.54, 1.807) is 0 Å². The van der Waals surface area contributed by atoms with Crippen LogP contribution in [0.5, 0.6) is 0 Å². The predicted molar refractivity (Wildman–Crippen MR) is 34.8 cm³/mol. The quantitative estimate of drug-likeness (QED) is 0.241. The average Bonchev–Trinajstić information content (AvgIpc) is 1.64. The summed E-state index contributed by atoms with van der Waals surface area (Å²) in [6.07, 6.45) is 0. The molecule has 0 radical (unpaired) electrons. The summed E-state index contributed by atoms with van der Waals surface area (Å²) in [5.41, 5.74) is 0. The van der Waals surface area contributed by atoms with Crippen molar-refractivity contribution in [1.29, 1.82) is 0 Å². The van der Waals surface area contributed by atoms with Crippen LogP contribution in [0.3, 0.4) is 0 Å². The van der Waals surface area contributed by atoms with Crippen molar-refractivity contribution in [2.24, 2.45) is 0 Å². The monoisotopic (exact) mass is 530 g/mol. The summed E-state index contributed by atoms with van der Waals surface area (Å²) in [4.78, 5) is 74.6. The third-order valence-corrected chi connectivity index (χ3v) is 3.60. The molecule has 0 atom stereocenters. The van der Waals surface area contributed by atoms with Crippen LogP contribution in [-0.4, -0.2) is 0 Å². The predicted octanol–water partition coefficient (Wildman–Crippen LogP) is -30.4. The van der Waals surface area contributed by atoms with Gasteiger partial charge in [-0.1, -0.05) is 0 Å². The molecule has 0 unspecified atom stereocenters. The minimum Gasteiger partial charge on any atom is -1.00 e. The molecule has 0 aliphatic heterocycles. The van der Waals surface area contributed by atoms with Gasteiger partial charge < -0.3 is 70.7 Å². The van der Waals surface area contributed by atoms with E-state index in [-0.39, 0.29) is 214 Å². The third-order valence-electron chi connectivity index (χ3n) is 0.400. The zero-order valence-corrected chi connectivity index (χ0v) is 32.5. The van der Waals surface area contributed by atoms with E-state index < -0.39 is 31.3 Å². The van der Waals surface area contributed by atoms with Crippen molar-refractivity contribution in [2.45, 2.75) is 0 Å². The van der Waals surface area contributed by atoms with E-state index in [1.165, 1.54) is 0 Å². The van der Waals surface area contributed by atoms with Crippen LogP contribution in [0.4, 0.5) is 0 Å². The molecule has 14 nitrogen and oxygen atoms in total. The molecule has 0 heterocycles. The first-order valence-electron chi connectivity index (χ1n) is 2.92. The second kappa shape index (κ2) is 28.7. The fourth-order valence-electron chi connectivity index (χ4n) is 0.245.